The van der Waals surface area contributed by atoms with Crippen LogP contribution in [0, 0.1) is 5.92 Å². The summed E-state index contributed by atoms with van der Waals surface area (Å²) in [7, 11) is 0. The zero-order chi connectivity index (χ0) is 12.8. The number of ketones is 1. The van der Waals surface area contributed by atoms with Gasteiger partial charge >= 0.3 is 0 Å². The topological polar surface area (TPSA) is 26.3 Å². The number of benzene rings is 1. The van der Waals surface area contributed by atoms with Crippen LogP contribution in [0.1, 0.15) is 41.6 Å². The molecule has 0 amide bonds. The average Bonchev–Trinajstić information content (AvgIpc) is 3.03. The molecular formula is C16H18O2S. The van der Waals surface area contributed by atoms with Crippen LogP contribution in [0.15, 0.2) is 18.2 Å². The normalized spacial score (nSPS) is 31.9. The van der Waals surface area contributed by atoms with E-state index in [1.807, 2.05) is 12.1 Å². The van der Waals surface area contributed by atoms with E-state index in [1.165, 1.54) is 18.4 Å². The third-order valence-corrected chi connectivity index (χ3v) is 6.26. The van der Waals surface area contributed by atoms with E-state index in [1.54, 1.807) is 0 Å². The number of rotatable bonds is 2. The molecule has 4 rings (SSSR count). The molecule has 1 aromatic rings. The van der Waals surface area contributed by atoms with Crippen LogP contribution < -0.4 is 4.74 Å². The lowest BCUT2D eigenvalue weighted by Crippen LogP contribution is -2.24. The fraction of sp³-hybridized carbons (Fsp3) is 0.562. The van der Waals surface area contributed by atoms with Gasteiger partial charge in [0.1, 0.15) is 5.75 Å². The number of hydrogen-bond acceptors (Lipinski definition) is 3. The zero-order valence-corrected chi connectivity index (χ0v) is 11.7. The number of Topliss-reactive ketones (excluding diaryl/α,β-unsaturated/α-hetero) is 1. The summed E-state index contributed by atoms with van der Waals surface area (Å²) >= 11 is 2.12. The molecule has 0 aromatic heterocycles. The highest BCUT2D eigenvalue weighted by molar-refractivity contribution is 8.00. The van der Waals surface area contributed by atoms with Crippen molar-refractivity contribution in [3.63, 3.8) is 0 Å². The van der Waals surface area contributed by atoms with Crippen molar-refractivity contribution in [3.05, 3.63) is 29.3 Å². The van der Waals surface area contributed by atoms with Crippen LogP contribution in [-0.4, -0.2) is 22.9 Å². The molecule has 0 aliphatic carbocycles. The van der Waals surface area contributed by atoms with E-state index in [-0.39, 0.29) is 5.92 Å². The molecule has 3 aliphatic rings. The Kier molecular flexibility index (Phi) is 2.83. The van der Waals surface area contributed by atoms with Crippen LogP contribution in [0.2, 0.25) is 0 Å². The minimum absolute atomic E-state index is 0.263. The molecule has 2 unspecified atom stereocenters. The minimum Gasteiger partial charge on any atom is -0.493 e. The first-order valence-electron chi connectivity index (χ1n) is 7.25. The van der Waals surface area contributed by atoms with Crippen molar-refractivity contribution in [1.82, 2.24) is 0 Å². The summed E-state index contributed by atoms with van der Waals surface area (Å²) in [6, 6.07) is 5.99. The lowest BCUT2D eigenvalue weighted by molar-refractivity contribution is 0.0907. The van der Waals surface area contributed by atoms with E-state index in [2.05, 4.69) is 17.8 Å². The van der Waals surface area contributed by atoms with Crippen molar-refractivity contribution in [3.8, 4) is 5.75 Å². The predicted octanol–water partition coefficient (Wildman–Crippen LogP) is 3.48. The monoisotopic (exact) mass is 274 g/mol. The van der Waals surface area contributed by atoms with Gasteiger partial charge in [0.25, 0.3) is 0 Å². The van der Waals surface area contributed by atoms with Crippen LogP contribution in [0.3, 0.4) is 0 Å². The summed E-state index contributed by atoms with van der Waals surface area (Å²) in [5.74, 6) is 1.60. The average molecular weight is 274 g/mol. The van der Waals surface area contributed by atoms with Gasteiger partial charge in [0.2, 0.25) is 0 Å². The van der Waals surface area contributed by atoms with E-state index in [4.69, 9.17) is 4.74 Å². The Hall–Kier alpha value is -0.960. The molecule has 19 heavy (non-hydrogen) atoms. The summed E-state index contributed by atoms with van der Waals surface area (Å²) in [4.78, 5) is 12.7. The first-order valence-corrected chi connectivity index (χ1v) is 8.19. The number of thioether (sulfide) groups is 1. The Bertz CT molecular complexity index is 513. The van der Waals surface area contributed by atoms with Crippen molar-refractivity contribution < 1.29 is 9.53 Å². The summed E-state index contributed by atoms with van der Waals surface area (Å²) in [5, 5.41) is 1.48. The lowest BCUT2D eigenvalue weighted by atomic mass is 9.89. The largest absolute Gasteiger partial charge is 0.493 e. The van der Waals surface area contributed by atoms with Gasteiger partial charge in [-0.15, -0.1) is 0 Å². The van der Waals surface area contributed by atoms with E-state index in [9.17, 15) is 4.79 Å². The smallest absolute Gasteiger partial charge is 0.166 e. The van der Waals surface area contributed by atoms with Crippen molar-refractivity contribution >= 4 is 17.5 Å². The van der Waals surface area contributed by atoms with Gasteiger partial charge in [-0.25, -0.2) is 0 Å². The maximum atomic E-state index is 12.7. The molecule has 3 heteroatoms. The van der Waals surface area contributed by atoms with Crippen molar-refractivity contribution in [2.24, 2.45) is 5.92 Å². The van der Waals surface area contributed by atoms with E-state index in [0.29, 0.717) is 5.78 Å². The first kappa shape index (κ1) is 11.8. The Morgan fingerprint density at radius 3 is 2.79 bits per heavy atom. The number of carbonyl (C=O) groups excluding carboxylic acids is 1. The van der Waals surface area contributed by atoms with Gasteiger partial charge in [-0.2, -0.15) is 11.8 Å². The highest BCUT2D eigenvalue weighted by Gasteiger charge is 2.38. The number of carbonyl (C=O) groups is 1. The molecule has 2 fully saturated rings. The van der Waals surface area contributed by atoms with Gasteiger partial charge in [-0.3, -0.25) is 4.79 Å². The second-order valence-electron chi connectivity index (χ2n) is 5.91. The van der Waals surface area contributed by atoms with Crippen LogP contribution in [0.5, 0.6) is 5.75 Å². The van der Waals surface area contributed by atoms with Gasteiger partial charge in [0.15, 0.2) is 5.78 Å². The van der Waals surface area contributed by atoms with Gasteiger partial charge in [-0.05, 0) is 49.4 Å². The number of hydrogen-bond donors (Lipinski definition) is 0. The molecule has 100 valence electrons. The van der Waals surface area contributed by atoms with Crippen LogP contribution in [0.25, 0.3) is 0 Å². The van der Waals surface area contributed by atoms with E-state index in [0.717, 1.165) is 47.7 Å². The maximum absolute atomic E-state index is 12.7. The summed E-state index contributed by atoms with van der Waals surface area (Å²) < 4.78 is 5.51. The SMILES string of the molecule is O=C(c1ccc2c(c1)CCO2)C1CC2CCC(C1)S2. The fourth-order valence-electron chi connectivity index (χ4n) is 3.65. The molecule has 2 nitrogen and oxygen atoms in total. The summed E-state index contributed by atoms with van der Waals surface area (Å²) in [5.41, 5.74) is 2.11. The molecule has 0 radical (unpaired) electrons. The molecule has 0 N–H and O–H groups in total. The second-order valence-corrected chi connectivity index (χ2v) is 7.52. The Balaban J connectivity index is 1.57. The minimum atomic E-state index is 0.263. The Morgan fingerprint density at radius 1 is 1.21 bits per heavy atom. The van der Waals surface area contributed by atoms with Gasteiger partial charge in [-0.1, -0.05) is 0 Å². The zero-order valence-electron chi connectivity index (χ0n) is 10.9. The summed E-state index contributed by atoms with van der Waals surface area (Å²) in [6.45, 7) is 0.761. The van der Waals surface area contributed by atoms with Gasteiger partial charge in [0.05, 0.1) is 6.61 Å². The summed E-state index contributed by atoms with van der Waals surface area (Å²) in [6.07, 6.45) is 5.76. The second kappa shape index (κ2) is 4.55. The van der Waals surface area contributed by atoms with Crippen molar-refractivity contribution in [2.45, 2.75) is 42.6 Å². The maximum Gasteiger partial charge on any atom is 0.166 e. The Morgan fingerprint density at radius 2 is 2.00 bits per heavy atom. The van der Waals surface area contributed by atoms with E-state index < -0.39 is 0 Å². The molecule has 0 spiro atoms. The molecular weight excluding hydrogens is 256 g/mol. The van der Waals surface area contributed by atoms with Crippen molar-refractivity contribution in [2.75, 3.05) is 6.61 Å². The number of fused-ring (bicyclic) bond motifs is 3. The molecule has 3 heterocycles. The van der Waals surface area contributed by atoms with E-state index >= 15 is 0 Å². The highest BCUT2D eigenvalue weighted by Crippen LogP contribution is 2.46. The van der Waals surface area contributed by atoms with Crippen LogP contribution in [-0.2, 0) is 6.42 Å². The number of ether oxygens (including phenoxy) is 1. The lowest BCUT2D eigenvalue weighted by Gasteiger charge is -2.26. The standard InChI is InChI=1S/C16H18O2S/c17-16(12-8-13-2-3-14(9-12)19-13)11-1-4-15-10(7-11)5-6-18-15/h1,4,7,12-14H,2-3,5-6,8-9H2. The first-order chi connectivity index (χ1) is 9.29. The van der Waals surface area contributed by atoms with Crippen LogP contribution >= 0.6 is 11.8 Å². The van der Waals surface area contributed by atoms with Gasteiger partial charge in [0, 0.05) is 28.4 Å². The predicted molar refractivity (Wildman–Crippen MR) is 77.1 cm³/mol. The molecule has 2 bridgehead atoms. The van der Waals surface area contributed by atoms with Gasteiger partial charge < -0.3 is 4.74 Å². The molecule has 2 atom stereocenters. The quantitative estimate of drug-likeness (QED) is 0.772. The third-order valence-electron chi connectivity index (χ3n) is 4.64. The fourth-order valence-corrected chi connectivity index (χ4v) is 5.42. The van der Waals surface area contributed by atoms with Crippen LogP contribution in [0.4, 0.5) is 0 Å². The Labute approximate surface area is 117 Å². The van der Waals surface area contributed by atoms with Crippen molar-refractivity contribution in [1.29, 1.82) is 0 Å². The third kappa shape index (κ3) is 2.08. The molecule has 0 saturated carbocycles. The molecule has 3 aliphatic heterocycles. The molecule has 1 aromatic carbocycles. The molecule has 2 saturated heterocycles. The highest BCUT2D eigenvalue weighted by atomic mass is 32.2.